The molecule has 3 rings (SSSR count). The summed E-state index contributed by atoms with van der Waals surface area (Å²) in [6.07, 6.45) is 0.575. The van der Waals surface area contributed by atoms with Gasteiger partial charge in [0, 0.05) is 18.7 Å². The fraction of sp³-hybridized carbons (Fsp3) is 0.200. The van der Waals surface area contributed by atoms with Gasteiger partial charge in [0.1, 0.15) is 0 Å². The van der Waals surface area contributed by atoms with Crippen molar-refractivity contribution in [3.63, 3.8) is 0 Å². The lowest BCUT2D eigenvalue weighted by Crippen LogP contribution is -2.22. The highest BCUT2D eigenvalue weighted by atomic mass is 16.5. The third kappa shape index (κ3) is 6.58. The minimum atomic E-state index is -0.250. The standard InChI is InChI=1S/C24H25NO4.CH2O2/c1-28-22-11-10-17(14-23(22)29-2)16-25-24(27)20-8-5-7-19(15-20)21-9-4-3-6-18(21)12-13-26;2-1-3/h3-11,14-15,26H,12-13,16H2,1-2H3,(H,25,27);1H,(H,2,3). The first-order chi connectivity index (χ1) is 15.6. The maximum atomic E-state index is 12.7. The number of rotatable bonds is 8. The quantitative estimate of drug-likeness (QED) is 0.466. The van der Waals surface area contributed by atoms with Gasteiger partial charge in [0.2, 0.25) is 0 Å². The van der Waals surface area contributed by atoms with Crippen LogP contribution < -0.4 is 14.8 Å². The van der Waals surface area contributed by atoms with Crippen molar-refractivity contribution in [3.05, 3.63) is 83.4 Å². The average Bonchev–Trinajstić information content (AvgIpc) is 2.83. The first kappa shape index (κ1) is 24.4. The maximum absolute atomic E-state index is 12.7. The number of carbonyl (C=O) groups excluding carboxylic acids is 1. The Morgan fingerprint density at radius 3 is 2.38 bits per heavy atom. The van der Waals surface area contributed by atoms with E-state index in [1.165, 1.54) is 0 Å². The molecule has 1 amide bonds. The Labute approximate surface area is 187 Å². The molecule has 0 spiro atoms. The second-order valence-electron chi connectivity index (χ2n) is 6.69. The van der Waals surface area contributed by atoms with Gasteiger partial charge in [-0.3, -0.25) is 9.59 Å². The number of hydrogen-bond acceptors (Lipinski definition) is 5. The second-order valence-corrected chi connectivity index (χ2v) is 6.69. The zero-order valence-corrected chi connectivity index (χ0v) is 18.1. The number of carboxylic acid groups (broad SMARTS) is 1. The first-order valence-electron chi connectivity index (χ1n) is 9.94. The SMILES string of the molecule is COc1ccc(CNC(=O)c2cccc(-c3ccccc3CCO)c2)cc1OC.O=CO. The molecule has 7 heteroatoms. The summed E-state index contributed by atoms with van der Waals surface area (Å²) >= 11 is 0. The van der Waals surface area contributed by atoms with Gasteiger partial charge in [0.05, 0.1) is 14.2 Å². The third-order valence-electron chi connectivity index (χ3n) is 4.74. The van der Waals surface area contributed by atoms with E-state index in [-0.39, 0.29) is 19.0 Å². The molecule has 0 aliphatic rings. The van der Waals surface area contributed by atoms with Crippen molar-refractivity contribution in [2.24, 2.45) is 0 Å². The molecule has 0 atom stereocenters. The normalized spacial score (nSPS) is 9.84. The highest BCUT2D eigenvalue weighted by Gasteiger charge is 2.10. The van der Waals surface area contributed by atoms with Crippen LogP contribution in [0.4, 0.5) is 0 Å². The molecular formula is C25H27NO6. The third-order valence-corrected chi connectivity index (χ3v) is 4.74. The molecule has 3 aromatic carbocycles. The zero-order chi connectivity index (χ0) is 23.3. The Hall–Kier alpha value is -3.84. The molecule has 0 saturated heterocycles. The van der Waals surface area contributed by atoms with E-state index in [1.54, 1.807) is 20.3 Å². The van der Waals surface area contributed by atoms with Crippen LogP contribution in [0.15, 0.2) is 66.7 Å². The highest BCUT2D eigenvalue weighted by Crippen LogP contribution is 2.28. The van der Waals surface area contributed by atoms with Gasteiger partial charge in [-0.25, -0.2) is 0 Å². The fourth-order valence-corrected chi connectivity index (χ4v) is 3.24. The minimum absolute atomic E-state index is 0.0858. The number of ether oxygens (including phenoxy) is 2. The topological polar surface area (TPSA) is 105 Å². The van der Waals surface area contributed by atoms with Crippen molar-refractivity contribution in [1.82, 2.24) is 5.32 Å². The molecular weight excluding hydrogens is 410 g/mol. The summed E-state index contributed by atoms with van der Waals surface area (Å²) in [7, 11) is 3.17. The highest BCUT2D eigenvalue weighted by molar-refractivity contribution is 5.95. The van der Waals surface area contributed by atoms with Crippen molar-refractivity contribution < 1.29 is 29.3 Å². The maximum Gasteiger partial charge on any atom is 0.290 e. The van der Waals surface area contributed by atoms with Crippen molar-refractivity contribution in [2.45, 2.75) is 13.0 Å². The predicted octanol–water partition coefficient (Wildman–Crippen LogP) is 3.54. The van der Waals surface area contributed by atoms with Gasteiger partial charge in [-0.1, -0.05) is 42.5 Å². The van der Waals surface area contributed by atoms with E-state index in [0.29, 0.717) is 30.0 Å². The Balaban J connectivity index is 0.00000114. The Kier molecular flexibility index (Phi) is 9.74. The van der Waals surface area contributed by atoms with Gasteiger partial charge in [-0.2, -0.15) is 0 Å². The van der Waals surface area contributed by atoms with Gasteiger partial charge >= 0.3 is 0 Å². The molecule has 0 unspecified atom stereocenters. The summed E-state index contributed by atoms with van der Waals surface area (Å²) < 4.78 is 10.5. The van der Waals surface area contributed by atoms with Gasteiger partial charge < -0.3 is 25.0 Å². The lowest BCUT2D eigenvalue weighted by molar-refractivity contribution is -0.122. The Bertz CT molecular complexity index is 1030. The van der Waals surface area contributed by atoms with Crippen LogP contribution >= 0.6 is 0 Å². The molecule has 0 saturated carbocycles. The van der Waals surface area contributed by atoms with Crippen LogP contribution in [-0.4, -0.2) is 43.4 Å². The van der Waals surface area contributed by atoms with Crippen LogP contribution in [0, 0.1) is 0 Å². The summed E-state index contributed by atoms with van der Waals surface area (Å²) in [4.78, 5) is 21.0. The van der Waals surface area contributed by atoms with Crippen LogP contribution in [0.1, 0.15) is 21.5 Å². The summed E-state index contributed by atoms with van der Waals surface area (Å²) in [5.74, 6) is 1.12. The molecule has 0 aliphatic carbocycles. The zero-order valence-electron chi connectivity index (χ0n) is 18.1. The van der Waals surface area contributed by atoms with Crippen LogP contribution in [0.5, 0.6) is 11.5 Å². The molecule has 0 fully saturated rings. The minimum Gasteiger partial charge on any atom is -0.493 e. The van der Waals surface area contributed by atoms with E-state index < -0.39 is 0 Å². The molecule has 3 N–H and O–H groups in total. The van der Waals surface area contributed by atoms with Gasteiger partial charge in [0.25, 0.3) is 12.4 Å². The molecule has 0 aliphatic heterocycles. The van der Waals surface area contributed by atoms with E-state index in [2.05, 4.69) is 5.32 Å². The van der Waals surface area contributed by atoms with Gasteiger partial charge in [0.15, 0.2) is 11.5 Å². The van der Waals surface area contributed by atoms with Gasteiger partial charge in [-0.15, -0.1) is 0 Å². The van der Waals surface area contributed by atoms with Crippen molar-refractivity contribution in [3.8, 4) is 22.6 Å². The van der Waals surface area contributed by atoms with Crippen molar-refractivity contribution in [2.75, 3.05) is 20.8 Å². The largest absolute Gasteiger partial charge is 0.493 e. The molecule has 0 heterocycles. The molecule has 3 aromatic rings. The second kappa shape index (κ2) is 12.8. The van der Waals surface area contributed by atoms with E-state index in [9.17, 15) is 9.90 Å². The summed E-state index contributed by atoms with van der Waals surface area (Å²) in [6, 6.07) is 21.0. The Morgan fingerprint density at radius 2 is 1.69 bits per heavy atom. The average molecular weight is 437 g/mol. The van der Waals surface area contributed by atoms with Crippen LogP contribution in [-0.2, 0) is 17.8 Å². The number of amides is 1. The smallest absolute Gasteiger partial charge is 0.290 e. The van der Waals surface area contributed by atoms with Crippen molar-refractivity contribution >= 4 is 12.4 Å². The molecule has 32 heavy (non-hydrogen) atoms. The van der Waals surface area contributed by atoms with E-state index in [4.69, 9.17) is 19.4 Å². The fourth-order valence-electron chi connectivity index (χ4n) is 3.24. The van der Waals surface area contributed by atoms with Gasteiger partial charge in [-0.05, 0) is 52.9 Å². The molecule has 0 bridgehead atoms. The lowest BCUT2D eigenvalue weighted by atomic mass is 9.96. The molecule has 0 aromatic heterocycles. The van der Waals surface area contributed by atoms with Crippen LogP contribution in [0.25, 0.3) is 11.1 Å². The number of methoxy groups -OCH3 is 2. The van der Waals surface area contributed by atoms with Crippen LogP contribution in [0.2, 0.25) is 0 Å². The summed E-state index contributed by atoms with van der Waals surface area (Å²) in [5.41, 5.74) is 4.53. The number of aliphatic hydroxyl groups excluding tert-OH is 1. The summed E-state index contributed by atoms with van der Waals surface area (Å²) in [6.45, 7) is 0.215. The molecule has 7 nitrogen and oxygen atoms in total. The Morgan fingerprint density at radius 1 is 0.969 bits per heavy atom. The lowest BCUT2D eigenvalue weighted by Gasteiger charge is -2.12. The predicted molar refractivity (Wildman–Crippen MR) is 122 cm³/mol. The number of benzene rings is 3. The number of nitrogens with one attached hydrogen (secondary N) is 1. The monoisotopic (exact) mass is 437 g/mol. The molecule has 0 radical (unpaired) electrons. The van der Waals surface area contributed by atoms with Crippen molar-refractivity contribution in [1.29, 1.82) is 0 Å². The number of carbonyl (C=O) groups is 2. The van der Waals surface area contributed by atoms with E-state index in [1.807, 2.05) is 60.7 Å². The number of hydrogen-bond donors (Lipinski definition) is 3. The number of aliphatic hydroxyl groups is 1. The summed E-state index contributed by atoms with van der Waals surface area (Å²) in [5, 5.41) is 19.1. The van der Waals surface area contributed by atoms with E-state index >= 15 is 0 Å². The van der Waals surface area contributed by atoms with E-state index in [0.717, 1.165) is 22.3 Å². The first-order valence-corrected chi connectivity index (χ1v) is 9.94. The molecule has 168 valence electrons. The van der Waals surface area contributed by atoms with Crippen LogP contribution in [0.3, 0.4) is 0 Å².